The number of aryl methyl sites for hydroxylation is 1. The lowest BCUT2D eigenvalue weighted by Gasteiger charge is -2.27. The van der Waals surface area contributed by atoms with Gasteiger partial charge < -0.3 is 15.2 Å². The number of carbonyl (C=O) groups is 3. The van der Waals surface area contributed by atoms with Crippen LogP contribution in [-0.4, -0.2) is 29.6 Å². The van der Waals surface area contributed by atoms with Crippen LogP contribution in [0.3, 0.4) is 0 Å². The minimum Gasteiger partial charge on any atom is -0.481 e. The number of amides is 1. The summed E-state index contributed by atoms with van der Waals surface area (Å²) in [6, 6.07) is 8.12. The lowest BCUT2D eigenvalue weighted by Crippen LogP contribution is -2.37. The van der Waals surface area contributed by atoms with Gasteiger partial charge in [0.1, 0.15) is 10.6 Å². The Morgan fingerprint density at radius 3 is 2.26 bits per heavy atom. The third-order valence-electron chi connectivity index (χ3n) is 7.34. The van der Waals surface area contributed by atoms with Crippen molar-refractivity contribution >= 4 is 34.2 Å². The number of ether oxygens (including phenoxy) is 1. The smallest absolute Gasteiger partial charge is 0.341 e. The van der Waals surface area contributed by atoms with Gasteiger partial charge in [0.25, 0.3) is 0 Å². The first-order chi connectivity index (χ1) is 16.0. The van der Waals surface area contributed by atoms with Crippen molar-refractivity contribution in [1.29, 1.82) is 0 Å². The van der Waals surface area contributed by atoms with Gasteiger partial charge >= 0.3 is 11.9 Å². The van der Waals surface area contributed by atoms with Crippen LogP contribution in [0.5, 0.6) is 0 Å². The third-order valence-corrected chi connectivity index (χ3v) is 8.37. The Bertz CT molecular complexity index is 1110. The van der Waals surface area contributed by atoms with E-state index in [4.69, 9.17) is 4.74 Å². The molecular formula is C27H33NO5S. The lowest BCUT2D eigenvalue weighted by atomic mass is 9.78. The van der Waals surface area contributed by atoms with Crippen LogP contribution >= 0.6 is 11.3 Å². The van der Waals surface area contributed by atoms with Gasteiger partial charge in [0.2, 0.25) is 5.91 Å². The van der Waals surface area contributed by atoms with E-state index in [9.17, 15) is 19.5 Å². The number of esters is 1. The van der Waals surface area contributed by atoms with Crippen molar-refractivity contribution in [3.63, 3.8) is 0 Å². The summed E-state index contributed by atoms with van der Waals surface area (Å²) in [5, 5.41) is 13.1. The van der Waals surface area contributed by atoms with E-state index in [1.807, 2.05) is 19.1 Å². The van der Waals surface area contributed by atoms with Gasteiger partial charge in [-0.05, 0) is 61.5 Å². The second kappa shape index (κ2) is 9.17. The van der Waals surface area contributed by atoms with Crippen LogP contribution in [0.2, 0.25) is 0 Å². The summed E-state index contributed by atoms with van der Waals surface area (Å²) < 4.78 is 5.36. The van der Waals surface area contributed by atoms with Crippen LogP contribution in [0.25, 0.3) is 11.1 Å². The van der Waals surface area contributed by atoms with Gasteiger partial charge in [-0.3, -0.25) is 9.59 Å². The summed E-state index contributed by atoms with van der Waals surface area (Å²) in [7, 11) is 0. The maximum Gasteiger partial charge on any atom is 0.341 e. The molecule has 2 fully saturated rings. The number of carboxylic acids is 1. The molecule has 0 radical (unpaired) electrons. The predicted molar refractivity (Wildman–Crippen MR) is 133 cm³/mol. The molecule has 2 aliphatic carbocycles. The Kier molecular flexibility index (Phi) is 6.60. The summed E-state index contributed by atoms with van der Waals surface area (Å²) in [4.78, 5) is 39.2. The third kappa shape index (κ3) is 4.38. The highest BCUT2D eigenvalue weighted by atomic mass is 32.1. The normalized spacial score (nSPS) is 23.7. The average molecular weight is 484 g/mol. The van der Waals surface area contributed by atoms with Gasteiger partial charge in [-0.1, -0.05) is 45.0 Å². The van der Waals surface area contributed by atoms with E-state index in [0.29, 0.717) is 10.6 Å². The van der Waals surface area contributed by atoms with Gasteiger partial charge in [-0.15, -0.1) is 11.3 Å². The van der Waals surface area contributed by atoms with Gasteiger partial charge in [-0.2, -0.15) is 0 Å². The van der Waals surface area contributed by atoms with E-state index >= 15 is 0 Å². The Labute approximate surface area is 204 Å². The quantitative estimate of drug-likeness (QED) is 0.500. The number of hydrogen-bond donors (Lipinski definition) is 2. The number of hydrogen-bond acceptors (Lipinski definition) is 5. The van der Waals surface area contributed by atoms with Crippen molar-refractivity contribution in [2.45, 2.75) is 59.3 Å². The molecule has 0 unspecified atom stereocenters. The molecule has 4 atom stereocenters. The van der Waals surface area contributed by atoms with E-state index in [1.165, 1.54) is 16.9 Å². The molecule has 2 bridgehead atoms. The number of carboxylic acid groups (broad SMARTS) is 1. The topological polar surface area (TPSA) is 92.7 Å². The largest absolute Gasteiger partial charge is 0.481 e. The lowest BCUT2D eigenvalue weighted by molar-refractivity contribution is -0.148. The average Bonchev–Trinajstić information content (AvgIpc) is 3.46. The van der Waals surface area contributed by atoms with Gasteiger partial charge in [-0.25, -0.2) is 4.79 Å². The highest BCUT2D eigenvalue weighted by Gasteiger charge is 2.54. The molecule has 0 aliphatic heterocycles. The molecule has 0 saturated heterocycles. The summed E-state index contributed by atoms with van der Waals surface area (Å²) in [6.07, 6.45) is 2.53. The number of aliphatic carboxylic acids is 1. The molecular weight excluding hydrogens is 450 g/mol. The summed E-state index contributed by atoms with van der Waals surface area (Å²) in [6.45, 7) is 10.3. The maximum absolute atomic E-state index is 13.3. The first-order valence-electron chi connectivity index (χ1n) is 12.0. The zero-order valence-corrected chi connectivity index (χ0v) is 21.3. The summed E-state index contributed by atoms with van der Waals surface area (Å²) in [5.41, 5.74) is 3.17. The number of thiophene rings is 1. The molecule has 1 amide bonds. The Morgan fingerprint density at radius 1 is 1.09 bits per heavy atom. The summed E-state index contributed by atoms with van der Waals surface area (Å²) in [5.74, 6) is -2.77. The second-order valence-electron chi connectivity index (χ2n) is 10.5. The van der Waals surface area contributed by atoms with Crippen molar-refractivity contribution < 1.29 is 24.2 Å². The van der Waals surface area contributed by atoms with Crippen LogP contribution in [0.1, 0.15) is 67.8 Å². The van der Waals surface area contributed by atoms with Gasteiger partial charge in [0.05, 0.1) is 18.4 Å². The molecule has 2 aliphatic rings. The fraction of sp³-hybridized carbons (Fsp3) is 0.519. The Hall–Kier alpha value is -2.67. The maximum atomic E-state index is 13.3. The van der Waals surface area contributed by atoms with E-state index in [2.05, 4.69) is 38.2 Å². The van der Waals surface area contributed by atoms with Gasteiger partial charge in [0.15, 0.2) is 0 Å². The molecule has 6 nitrogen and oxygen atoms in total. The number of carbonyl (C=O) groups excluding carboxylic acids is 2. The molecule has 1 aromatic carbocycles. The van der Waals surface area contributed by atoms with Gasteiger partial charge in [0, 0.05) is 10.4 Å². The summed E-state index contributed by atoms with van der Waals surface area (Å²) >= 11 is 1.34. The van der Waals surface area contributed by atoms with E-state index in [0.717, 1.165) is 35.3 Å². The van der Waals surface area contributed by atoms with Crippen LogP contribution in [-0.2, 0) is 19.7 Å². The fourth-order valence-corrected chi connectivity index (χ4v) is 6.80. The van der Waals surface area contributed by atoms with Crippen LogP contribution in [0.4, 0.5) is 5.00 Å². The number of anilines is 1. The predicted octanol–water partition coefficient (Wildman–Crippen LogP) is 5.88. The molecule has 2 aromatic rings. The Balaban J connectivity index is 1.70. The molecule has 2 N–H and O–H groups in total. The highest BCUT2D eigenvalue weighted by molar-refractivity contribution is 7.17. The Morgan fingerprint density at radius 2 is 1.71 bits per heavy atom. The van der Waals surface area contributed by atoms with Crippen molar-refractivity contribution in [3.8, 4) is 11.1 Å². The minimum absolute atomic E-state index is 0.00662. The zero-order chi connectivity index (χ0) is 24.8. The molecule has 182 valence electrons. The van der Waals surface area contributed by atoms with E-state index in [-0.39, 0.29) is 29.8 Å². The minimum atomic E-state index is -0.903. The number of benzene rings is 1. The highest BCUT2D eigenvalue weighted by Crippen LogP contribution is 2.53. The molecule has 2 saturated carbocycles. The van der Waals surface area contributed by atoms with Crippen LogP contribution in [0, 0.1) is 30.6 Å². The first kappa shape index (κ1) is 24.5. The van der Waals surface area contributed by atoms with Crippen LogP contribution in [0.15, 0.2) is 24.3 Å². The molecule has 4 rings (SSSR count). The van der Waals surface area contributed by atoms with Crippen molar-refractivity contribution in [2.75, 3.05) is 11.9 Å². The van der Waals surface area contributed by atoms with E-state index < -0.39 is 23.8 Å². The zero-order valence-electron chi connectivity index (χ0n) is 20.4. The monoisotopic (exact) mass is 483 g/mol. The van der Waals surface area contributed by atoms with Crippen LogP contribution < -0.4 is 5.32 Å². The second-order valence-corrected chi connectivity index (χ2v) is 11.7. The molecule has 0 spiro atoms. The van der Waals surface area contributed by atoms with Crippen molar-refractivity contribution in [1.82, 2.24) is 0 Å². The standard InChI is InChI=1S/C27H33NO5S/c1-6-33-26(32)22-19(15-9-11-18(12-10-15)27(3,4)5)14(2)34-24(22)28-23(29)20-16-7-8-17(13-16)21(20)25(30)31/h9-12,16-17,20-21H,6-8,13H2,1-5H3,(H,28,29)(H,30,31)/t16-,17+,20-,21+/m1/s1. The fourth-order valence-electron chi connectivity index (χ4n) is 5.73. The molecule has 1 heterocycles. The molecule has 7 heteroatoms. The van der Waals surface area contributed by atoms with Crippen molar-refractivity contribution in [3.05, 3.63) is 40.3 Å². The molecule has 34 heavy (non-hydrogen) atoms. The number of nitrogens with one attached hydrogen (secondary N) is 1. The number of rotatable bonds is 6. The van der Waals surface area contributed by atoms with Crippen molar-refractivity contribution in [2.24, 2.45) is 23.7 Å². The number of fused-ring (bicyclic) bond motifs is 2. The van der Waals surface area contributed by atoms with E-state index in [1.54, 1.807) is 6.92 Å². The SMILES string of the molecule is CCOC(=O)c1c(NC(=O)[C@@H]2[C@@H]3CC[C@@H](C3)[C@@H]2C(=O)O)sc(C)c1-c1ccc(C(C)(C)C)cc1. The molecule has 1 aromatic heterocycles. The first-order valence-corrected chi connectivity index (χ1v) is 12.8.